The third-order valence-electron chi connectivity index (χ3n) is 2.60. The van der Waals surface area contributed by atoms with Crippen LogP contribution in [0, 0.1) is 6.92 Å². The fraction of sp³-hybridized carbons (Fsp3) is 0.308. The van der Waals surface area contributed by atoms with Crippen molar-refractivity contribution in [3.63, 3.8) is 0 Å². The predicted octanol–water partition coefficient (Wildman–Crippen LogP) is 1.30. The zero-order chi connectivity index (χ0) is 13.8. The van der Waals surface area contributed by atoms with E-state index in [1.54, 1.807) is 20.4 Å². The minimum absolute atomic E-state index is 0.228. The zero-order valence-corrected chi connectivity index (χ0v) is 11.1. The molecule has 0 spiro atoms. The van der Waals surface area contributed by atoms with E-state index in [9.17, 15) is 4.79 Å². The number of aryl methyl sites for hydroxylation is 1. The van der Waals surface area contributed by atoms with Crippen LogP contribution in [0.2, 0.25) is 0 Å². The minimum atomic E-state index is -0.228. The van der Waals surface area contributed by atoms with Crippen LogP contribution in [0.1, 0.15) is 11.3 Å². The molecule has 0 amide bonds. The Kier molecular flexibility index (Phi) is 3.91. The monoisotopic (exact) mass is 261 g/mol. The number of methoxy groups -OCH3 is 2. The third-order valence-corrected chi connectivity index (χ3v) is 2.60. The summed E-state index contributed by atoms with van der Waals surface area (Å²) >= 11 is 0. The van der Waals surface area contributed by atoms with Crippen LogP contribution in [0.15, 0.2) is 23.1 Å². The normalized spacial score (nSPS) is 10.5. The molecule has 100 valence electrons. The number of ether oxygens (including phenoxy) is 2. The van der Waals surface area contributed by atoms with Crippen LogP contribution < -0.4 is 10.3 Å². The highest BCUT2D eigenvalue weighted by Crippen LogP contribution is 2.20. The Hall–Kier alpha value is -2.21. The molecule has 0 unspecified atom stereocenters. The van der Waals surface area contributed by atoms with Gasteiger partial charge in [-0.3, -0.25) is 4.79 Å². The van der Waals surface area contributed by atoms with Crippen molar-refractivity contribution in [1.82, 2.24) is 15.0 Å². The number of aromatic nitrogens is 3. The number of hydrogen-bond donors (Lipinski definition) is 1. The molecule has 0 aromatic carbocycles. The Morgan fingerprint density at radius 2 is 2.11 bits per heavy atom. The summed E-state index contributed by atoms with van der Waals surface area (Å²) in [7, 11) is 3.13. The molecule has 6 nitrogen and oxygen atoms in total. The highest BCUT2D eigenvalue weighted by atomic mass is 16.5. The molecule has 6 heteroatoms. The van der Waals surface area contributed by atoms with E-state index in [2.05, 4.69) is 15.0 Å². The number of nitrogens with one attached hydrogen (secondary N) is 1. The molecule has 0 aliphatic rings. The number of nitrogens with zero attached hydrogens (tertiary/aromatic N) is 2. The molecule has 2 aromatic rings. The van der Waals surface area contributed by atoms with Gasteiger partial charge in [-0.25, -0.2) is 9.97 Å². The van der Waals surface area contributed by atoms with E-state index in [-0.39, 0.29) is 12.2 Å². The first-order chi connectivity index (χ1) is 9.13. The first-order valence-corrected chi connectivity index (χ1v) is 5.74. The van der Waals surface area contributed by atoms with Gasteiger partial charge in [0.25, 0.3) is 5.56 Å². The standard InChI is InChI=1S/C13H15N3O3/c1-8-4-10(19-3)6-14-12(8)13-15-9(7-18-2)5-11(17)16-13/h4-6H,7H2,1-3H3,(H,15,16,17). The van der Waals surface area contributed by atoms with Gasteiger partial charge >= 0.3 is 0 Å². The van der Waals surface area contributed by atoms with Crippen molar-refractivity contribution in [2.24, 2.45) is 0 Å². The smallest absolute Gasteiger partial charge is 0.251 e. The van der Waals surface area contributed by atoms with Gasteiger partial charge in [-0.1, -0.05) is 0 Å². The first kappa shape index (κ1) is 13.2. The summed E-state index contributed by atoms with van der Waals surface area (Å²) in [5, 5.41) is 0. The SMILES string of the molecule is COCc1cc(=O)[nH]c(-c2ncc(OC)cc2C)n1. The van der Waals surface area contributed by atoms with Crippen LogP contribution in [0.3, 0.4) is 0 Å². The number of hydrogen-bond acceptors (Lipinski definition) is 5. The highest BCUT2D eigenvalue weighted by Gasteiger charge is 2.09. The van der Waals surface area contributed by atoms with Crippen molar-refractivity contribution in [1.29, 1.82) is 0 Å². The zero-order valence-electron chi connectivity index (χ0n) is 11.1. The molecule has 19 heavy (non-hydrogen) atoms. The van der Waals surface area contributed by atoms with Crippen LogP contribution in [0.5, 0.6) is 5.75 Å². The Morgan fingerprint density at radius 1 is 1.32 bits per heavy atom. The topological polar surface area (TPSA) is 77.1 Å². The van der Waals surface area contributed by atoms with E-state index >= 15 is 0 Å². The Bertz CT molecular complexity index is 637. The molecule has 0 saturated carbocycles. The summed E-state index contributed by atoms with van der Waals surface area (Å²) in [6, 6.07) is 3.25. The van der Waals surface area contributed by atoms with Crippen LogP contribution in [-0.4, -0.2) is 29.2 Å². The van der Waals surface area contributed by atoms with Crippen molar-refractivity contribution in [2.45, 2.75) is 13.5 Å². The van der Waals surface area contributed by atoms with Crippen LogP contribution in [0.25, 0.3) is 11.5 Å². The largest absolute Gasteiger partial charge is 0.495 e. The molecule has 0 bridgehead atoms. The second-order valence-electron chi connectivity index (χ2n) is 4.06. The van der Waals surface area contributed by atoms with Gasteiger partial charge in [-0.2, -0.15) is 0 Å². The van der Waals surface area contributed by atoms with E-state index in [1.165, 1.54) is 6.07 Å². The summed E-state index contributed by atoms with van der Waals surface area (Å²) in [4.78, 5) is 22.9. The van der Waals surface area contributed by atoms with Crippen molar-refractivity contribution < 1.29 is 9.47 Å². The Labute approximate surface area is 110 Å². The van der Waals surface area contributed by atoms with Crippen molar-refractivity contribution >= 4 is 0 Å². The molecule has 2 rings (SSSR count). The maximum absolute atomic E-state index is 11.6. The molecule has 0 radical (unpaired) electrons. The van der Waals surface area contributed by atoms with Gasteiger partial charge in [0.2, 0.25) is 0 Å². The molecule has 2 aromatic heterocycles. The number of H-pyrrole nitrogens is 1. The highest BCUT2D eigenvalue weighted by molar-refractivity contribution is 5.55. The second-order valence-corrected chi connectivity index (χ2v) is 4.06. The molecule has 0 atom stereocenters. The van der Waals surface area contributed by atoms with Gasteiger partial charge < -0.3 is 14.5 Å². The average molecular weight is 261 g/mol. The van der Waals surface area contributed by atoms with E-state index in [4.69, 9.17) is 9.47 Å². The van der Waals surface area contributed by atoms with E-state index in [0.29, 0.717) is 23.0 Å². The summed E-state index contributed by atoms with van der Waals surface area (Å²) < 4.78 is 10.1. The third kappa shape index (κ3) is 2.97. The minimum Gasteiger partial charge on any atom is -0.495 e. The Morgan fingerprint density at radius 3 is 2.74 bits per heavy atom. The fourth-order valence-electron chi connectivity index (χ4n) is 1.75. The molecule has 0 aliphatic heterocycles. The van der Waals surface area contributed by atoms with Crippen LogP contribution in [-0.2, 0) is 11.3 Å². The second kappa shape index (κ2) is 5.62. The van der Waals surface area contributed by atoms with Gasteiger partial charge in [0.05, 0.1) is 25.6 Å². The summed E-state index contributed by atoms with van der Waals surface area (Å²) in [6.07, 6.45) is 1.59. The van der Waals surface area contributed by atoms with Gasteiger partial charge in [0, 0.05) is 13.2 Å². The van der Waals surface area contributed by atoms with Crippen molar-refractivity contribution in [3.8, 4) is 17.3 Å². The molecule has 0 fully saturated rings. The molecular formula is C13H15N3O3. The maximum atomic E-state index is 11.6. The van der Waals surface area contributed by atoms with Crippen LogP contribution >= 0.6 is 0 Å². The van der Waals surface area contributed by atoms with E-state index in [0.717, 1.165) is 5.56 Å². The lowest BCUT2D eigenvalue weighted by molar-refractivity contribution is 0.181. The van der Waals surface area contributed by atoms with Gasteiger partial charge in [-0.05, 0) is 18.6 Å². The van der Waals surface area contributed by atoms with Crippen LogP contribution in [0.4, 0.5) is 0 Å². The number of pyridine rings is 1. The van der Waals surface area contributed by atoms with Crippen molar-refractivity contribution in [2.75, 3.05) is 14.2 Å². The molecule has 0 saturated heterocycles. The molecule has 2 heterocycles. The van der Waals surface area contributed by atoms with E-state index < -0.39 is 0 Å². The molecule has 0 aliphatic carbocycles. The first-order valence-electron chi connectivity index (χ1n) is 5.74. The van der Waals surface area contributed by atoms with E-state index in [1.807, 2.05) is 13.0 Å². The summed E-state index contributed by atoms with van der Waals surface area (Å²) in [6.45, 7) is 2.17. The number of aromatic amines is 1. The molecular weight excluding hydrogens is 246 g/mol. The Balaban J connectivity index is 2.49. The fourth-order valence-corrected chi connectivity index (χ4v) is 1.75. The molecule has 1 N–H and O–H groups in total. The van der Waals surface area contributed by atoms with Crippen molar-refractivity contribution in [3.05, 3.63) is 39.9 Å². The summed E-state index contributed by atoms with van der Waals surface area (Å²) in [5.41, 5.74) is 1.83. The van der Waals surface area contributed by atoms with Gasteiger partial charge in [0.15, 0.2) is 5.82 Å². The lowest BCUT2D eigenvalue weighted by Gasteiger charge is -2.07. The summed E-state index contributed by atoms with van der Waals surface area (Å²) in [5.74, 6) is 1.09. The predicted molar refractivity (Wildman–Crippen MR) is 70.1 cm³/mol. The average Bonchev–Trinajstić information content (AvgIpc) is 2.38. The quantitative estimate of drug-likeness (QED) is 0.897. The van der Waals surface area contributed by atoms with Gasteiger partial charge in [-0.15, -0.1) is 0 Å². The lowest BCUT2D eigenvalue weighted by Crippen LogP contribution is -2.12. The number of rotatable bonds is 4. The maximum Gasteiger partial charge on any atom is 0.251 e. The van der Waals surface area contributed by atoms with Gasteiger partial charge in [0.1, 0.15) is 11.4 Å². The lowest BCUT2D eigenvalue weighted by atomic mass is 10.2.